The molecule has 5 heteroatoms. The van der Waals surface area contributed by atoms with E-state index in [0.717, 1.165) is 25.9 Å². The predicted octanol–water partition coefficient (Wildman–Crippen LogP) is 1.50. The highest BCUT2D eigenvalue weighted by Gasteiger charge is 2.14. The van der Waals surface area contributed by atoms with Gasteiger partial charge in [-0.25, -0.2) is 5.01 Å². The van der Waals surface area contributed by atoms with Crippen LogP contribution in [0.3, 0.4) is 0 Å². The van der Waals surface area contributed by atoms with Gasteiger partial charge < -0.3 is 10.8 Å². The molecule has 0 saturated carbocycles. The molecule has 1 aromatic rings. The second-order valence-electron chi connectivity index (χ2n) is 4.62. The molecule has 0 radical (unpaired) electrons. The molecule has 0 bridgehead atoms. The second kappa shape index (κ2) is 5.73. The molecule has 4 N–H and O–H groups in total. The molecule has 0 spiro atoms. The van der Waals surface area contributed by atoms with Gasteiger partial charge in [0.25, 0.3) is 5.91 Å². The van der Waals surface area contributed by atoms with Gasteiger partial charge in [-0.3, -0.25) is 10.2 Å². The number of nitrogens with zero attached hydrogens (tertiary/aromatic N) is 1. The van der Waals surface area contributed by atoms with Crippen LogP contribution in [0.25, 0.3) is 0 Å². The fraction of sp³-hybridized carbons (Fsp3) is 0.462. The van der Waals surface area contributed by atoms with Gasteiger partial charge in [0.15, 0.2) is 0 Å². The van der Waals surface area contributed by atoms with E-state index in [2.05, 4.69) is 5.43 Å². The van der Waals surface area contributed by atoms with Gasteiger partial charge in [0.1, 0.15) is 5.75 Å². The number of rotatable bonds is 2. The number of aromatic hydroxyl groups is 1. The van der Waals surface area contributed by atoms with E-state index in [-0.39, 0.29) is 17.3 Å². The number of amides is 1. The molecule has 0 atom stereocenters. The van der Waals surface area contributed by atoms with E-state index >= 15 is 0 Å². The summed E-state index contributed by atoms with van der Waals surface area (Å²) in [6.45, 7) is 1.76. The zero-order chi connectivity index (χ0) is 13.0. The van der Waals surface area contributed by atoms with Crippen molar-refractivity contribution >= 4 is 11.6 Å². The third kappa shape index (κ3) is 3.13. The minimum absolute atomic E-state index is 0.0569. The molecule has 1 aliphatic rings. The number of nitrogens with two attached hydrogens (primary N) is 1. The van der Waals surface area contributed by atoms with Crippen LogP contribution in [0.15, 0.2) is 18.2 Å². The SMILES string of the molecule is Nc1ccc(C(=O)NN2CCCCCC2)cc1O. The van der Waals surface area contributed by atoms with Crippen molar-refractivity contribution in [3.05, 3.63) is 23.8 Å². The Bertz CT molecular complexity index is 426. The second-order valence-corrected chi connectivity index (χ2v) is 4.62. The molecule has 0 aromatic heterocycles. The molecule has 1 amide bonds. The summed E-state index contributed by atoms with van der Waals surface area (Å²) < 4.78 is 0. The Morgan fingerprint density at radius 1 is 1.22 bits per heavy atom. The molecule has 1 aliphatic heterocycles. The van der Waals surface area contributed by atoms with Crippen LogP contribution in [0.5, 0.6) is 5.75 Å². The lowest BCUT2D eigenvalue weighted by molar-refractivity contribution is 0.0794. The van der Waals surface area contributed by atoms with Crippen molar-refractivity contribution in [2.24, 2.45) is 0 Å². The van der Waals surface area contributed by atoms with E-state index < -0.39 is 0 Å². The molecule has 0 aliphatic carbocycles. The van der Waals surface area contributed by atoms with Crippen LogP contribution in [0, 0.1) is 0 Å². The number of nitrogen functional groups attached to an aromatic ring is 1. The lowest BCUT2D eigenvalue weighted by atomic mass is 10.2. The lowest BCUT2D eigenvalue weighted by Crippen LogP contribution is -2.42. The van der Waals surface area contributed by atoms with Crippen LogP contribution in [0.2, 0.25) is 0 Å². The Morgan fingerprint density at radius 2 is 1.89 bits per heavy atom. The average molecular weight is 249 g/mol. The van der Waals surface area contributed by atoms with Crippen molar-refractivity contribution in [3.63, 3.8) is 0 Å². The summed E-state index contributed by atoms with van der Waals surface area (Å²) in [7, 11) is 0. The molecule has 98 valence electrons. The quantitative estimate of drug-likeness (QED) is 0.548. The number of nitrogens with one attached hydrogen (secondary N) is 1. The van der Waals surface area contributed by atoms with Gasteiger partial charge in [0.2, 0.25) is 0 Å². The van der Waals surface area contributed by atoms with Gasteiger partial charge in [-0.2, -0.15) is 0 Å². The highest BCUT2D eigenvalue weighted by Crippen LogP contribution is 2.20. The van der Waals surface area contributed by atoms with Crippen molar-refractivity contribution in [2.75, 3.05) is 18.8 Å². The Hall–Kier alpha value is -1.75. The molecular weight excluding hydrogens is 230 g/mol. The normalized spacial score (nSPS) is 17.1. The molecule has 5 nitrogen and oxygen atoms in total. The molecule has 1 fully saturated rings. The number of hydrazine groups is 1. The Morgan fingerprint density at radius 3 is 2.50 bits per heavy atom. The minimum Gasteiger partial charge on any atom is -0.506 e. The van der Waals surface area contributed by atoms with Gasteiger partial charge in [0.05, 0.1) is 5.69 Å². The first-order valence-corrected chi connectivity index (χ1v) is 6.31. The van der Waals surface area contributed by atoms with E-state index in [9.17, 15) is 9.90 Å². The lowest BCUT2D eigenvalue weighted by Gasteiger charge is -2.20. The van der Waals surface area contributed by atoms with Crippen LogP contribution in [-0.4, -0.2) is 29.1 Å². The first-order valence-electron chi connectivity index (χ1n) is 6.31. The molecule has 0 unspecified atom stereocenters. The van der Waals surface area contributed by atoms with Crippen LogP contribution >= 0.6 is 0 Å². The monoisotopic (exact) mass is 249 g/mol. The molecule has 1 aromatic carbocycles. The van der Waals surface area contributed by atoms with Crippen molar-refractivity contribution < 1.29 is 9.90 Å². The van der Waals surface area contributed by atoms with Crippen molar-refractivity contribution in [3.8, 4) is 5.75 Å². The summed E-state index contributed by atoms with van der Waals surface area (Å²) in [5.74, 6) is -0.259. The number of benzene rings is 1. The first kappa shape index (κ1) is 12.7. The van der Waals surface area contributed by atoms with Crippen LogP contribution in [0.4, 0.5) is 5.69 Å². The van der Waals surface area contributed by atoms with E-state index in [1.807, 2.05) is 5.01 Å². The molecule has 1 saturated heterocycles. The van der Waals surface area contributed by atoms with Crippen molar-refractivity contribution in [2.45, 2.75) is 25.7 Å². The number of carbonyl (C=O) groups excluding carboxylic acids is 1. The zero-order valence-corrected chi connectivity index (χ0v) is 10.4. The maximum atomic E-state index is 12.0. The topological polar surface area (TPSA) is 78.6 Å². The van der Waals surface area contributed by atoms with E-state index in [0.29, 0.717) is 5.56 Å². The molecule has 18 heavy (non-hydrogen) atoms. The Kier molecular flexibility index (Phi) is 4.04. The summed E-state index contributed by atoms with van der Waals surface area (Å²) in [4.78, 5) is 12.0. The van der Waals surface area contributed by atoms with Crippen LogP contribution < -0.4 is 11.2 Å². The van der Waals surface area contributed by atoms with E-state index in [1.54, 1.807) is 6.07 Å². The number of carbonyl (C=O) groups is 1. The largest absolute Gasteiger partial charge is 0.506 e. The smallest absolute Gasteiger partial charge is 0.265 e. The third-order valence-corrected chi connectivity index (χ3v) is 3.16. The van der Waals surface area contributed by atoms with E-state index in [1.165, 1.54) is 25.0 Å². The summed E-state index contributed by atoms with van der Waals surface area (Å²) in [6.07, 6.45) is 4.64. The summed E-state index contributed by atoms with van der Waals surface area (Å²) in [6, 6.07) is 4.54. The predicted molar refractivity (Wildman–Crippen MR) is 70.0 cm³/mol. The van der Waals surface area contributed by atoms with Gasteiger partial charge in [-0.1, -0.05) is 12.8 Å². The Labute approximate surface area is 107 Å². The van der Waals surface area contributed by atoms with Gasteiger partial charge in [-0.05, 0) is 31.0 Å². The van der Waals surface area contributed by atoms with Crippen LogP contribution in [0.1, 0.15) is 36.0 Å². The first-order chi connectivity index (χ1) is 8.66. The molecule has 1 heterocycles. The van der Waals surface area contributed by atoms with Crippen molar-refractivity contribution in [1.82, 2.24) is 10.4 Å². The maximum absolute atomic E-state index is 12.0. The third-order valence-electron chi connectivity index (χ3n) is 3.16. The number of phenols is 1. The highest BCUT2D eigenvalue weighted by molar-refractivity contribution is 5.94. The fourth-order valence-electron chi connectivity index (χ4n) is 2.08. The van der Waals surface area contributed by atoms with Crippen molar-refractivity contribution in [1.29, 1.82) is 0 Å². The van der Waals surface area contributed by atoms with Gasteiger partial charge in [0, 0.05) is 18.7 Å². The highest BCUT2D eigenvalue weighted by atomic mass is 16.3. The molecular formula is C13H19N3O2. The van der Waals surface area contributed by atoms with Gasteiger partial charge >= 0.3 is 0 Å². The Balaban J connectivity index is 1.99. The van der Waals surface area contributed by atoms with E-state index in [4.69, 9.17) is 5.73 Å². The zero-order valence-electron chi connectivity index (χ0n) is 10.4. The van der Waals surface area contributed by atoms with Gasteiger partial charge in [-0.15, -0.1) is 0 Å². The minimum atomic E-state index is -0.202. The average Bonchev–Trinajstić information content (AvgIpc) is 2.61. The number of hydrogen-bond donors (Lipinski definition) is 3. The van der Waals surface area contributed by atoms with Crippen LogP contribution in [-0.2, 0) is 0 Å². The standard InChI is InChI=1S/C13H19N3O2/c14-11-6-5-10(9-12(11)17)13(18)15-16-7-3-1-2-4-8-16/h5-6,9,17H,1-4,7-8,14H2,(H,15,18). The number of hydrogen-bond acceptors (Lipinski definition) is 4. The maximum Gasteiger partial charge on any atom is 0.265 e. The number of phenolic OH excluding ortho intramolecular Hbond substituents is 1. The fourth-order valence-corrected chi connectivity index (χ4v) is 2.08. The number of anilines is 1. The molecule has 2 rings (SSSR count). The summed E-state index contributed by atoms with van der Waals surface area (Å²) in [5.41, 5.74) is 9.07. The summed E-state index contributed by atoms with van der Waals surface area (Å²) >= 11 is 0. The summed E-state index contributed by atoms with van der Waals surface area (Å²) in [5, 5.41) is 11.4.